The van der Waals surface area contributed by atoms with Gasteiger partial charge in [-0.05, 0) is 106 Å². The Hall–Kier alpha value is -5.68. The molecule has 0 radical (unpaired) electrons. The van der Waals surface area contributed by atoms with E-state index in [4.69, 9.17) is 47.4 Å². The van der Waals surface area contributed by atoms with Crippen LogP contribution in [0.2, 0.25) is 10.0 Å². The average molecular weight is 845 g/mol. The molecule has 10 nitrogen and oxygen atoms in total. The van der Waals surface area contributed by atoms with Gasteiger partial charge in [0.05, 0.1) is 42.1 Å². The summed E-state index contributed by atoms with van der Waals surface area (Å²) >= 11 is 13.7. The number of hydrogen-bond acceptors (Lipinski definition) is 7. The van der Waals surface area contributed by atoms with Gasteiger partial charge in [-0.15, -0.1) is 0 Å². The van der Waals surface area contributed by atoms with E-state index in [0.29, 0.717) is 67.7 Å². The molecular formula is C48H47Cl2N5O5. The number of aryl methyl sites for hydroxylation is 7. The van der Waals surface area contributed by atoms with E-state index in [1.165, 1.54) is 7.11 Å². The van der Waals surface area contributed by atoms with Gasteiger partial charge in [0.1, 0.15) is 18.1 Å². The molecule has 1 aliphatic rings. The van der Waals surface area contributed by atoms with Crippen LogP contribution in [-0.4, -0.2) is 51.2 Å². The number of aromatic nitrogens is 4. The number of benzene rings is 4. The zero-order valence-electron chi connectivity index (χ0n) is 34.7. The molecule has 12 heteroatoms. The highest BCUT2D eigenvalue weighted by molar-refractivity contribution is 6.35. The molecular weight excluding hydrogens is 797 g/mol. The molecule has 0 saturated carbocycles. The molecule has 0 fully saturated rings. The SMILES string of the molecule is COC(=O)c1ccc2c(c1)c(N1CCCn3c(c(CCCOc4cc(C)c(Cl)c(C)c4)c4ccc(Cl)c(-c5c(C)nc(COCc6ccccc6)nc5C)c43)C1=O)cn2C. The lowest BCUT2D eigenvalue weighted by atomic mass is 9.97. The summed E-state index contributed by atoms with van der Waals surface area (Å²) in [5, 5.41) is 3.02. The van der Waals surface area contributed by atoms with Crippen molar-refractivity contribution in [2.45, 2.75) is 66.7 Å². The van der Waals surface area contributed by atoms with Crippen molar-refractivity contribution in [2.24, 2.45) is 7.05 Å². The number of hydrogen-bond donors (Lipinski definition) is 0. The Kier molecular flexibility index (Phi) is 11.7. The number of methoxy groups -OCH3 is 1. The van der Waals surface area contributed by atoms with Gasteiger partial charge in [-0.25, -0.2) is 14.8 Å². The molecule has 0 unspecified atom stereocenters. The van der Waals surface area contributed by atoms with E-state index in [0.717, 1.165) is 83.0 Å². The van der Waals surface area contributed by atoms with Crippen LogP contribution in [0, 0.1) is 27.7 Å². The van der Waals surface area contributed by atoms with Crippen LogP contribution in [0.3, 0.4) is 0 Å². The molecule has 0 spiro atoms. The van der Waals surface area contributed by atoms with Gasteiger partial charge >= 0.3 is 5.97 Å². The van der Waals surface area contributed by atoms with Crippen molar-refractivity contribution in [3.8, 4) is 16.9 Å². The smallest absolute Gasteiger partial charge is 0.337 e. The molecule has 0 saturated heterocycles. The van der Waals surface area contributed by atoms with Crippen LogP contribution in [0.25, 0.3) is 32.9 Å². The Balaban J connectivity index is 1.22. The fourth-order valence-corrected chi connectivity index (χ4v) is 8.96. The van der Waals surface area contributed by atoms with Crippen molar-refractivity contribution in [2.75, 3.05) is 25.2 Å². The van der Waals surface area contributed by atoms with E-state index in [-0.39, 0.29) is 12.5 Å². The van der Waals surface area contributed by atoms with Crippen LogP contribution < -0.4 is 9.64 Å². The minimum absolute atomic E-state index is 0.128. The van der Waals surface area contributed by atoms with Crippen molar-refractivity contribution in [1.82, 2.24) is 19.1 Å². The van der Waals surface area contributed by atoms with Crippen LogP contribution in [0.15, 0.2) is 79.0 Å². The standard InChI is InChI=1S/C48H47Cl2N5O5/c1-28-22-34(23-29(2)44(28)50)60-21-10-14-35-36-16-17-38(49)43(42-30(3)51-41(52-31(42)4)27-59-26-32-12-8-7-9-13-32)45(36)55-20-11-19-54(47(56)46(35)55)40-25-53(5)39-18-15-33(24-37(39)40)48(57)58-6/h7-9,12-13,15-18,22-25H,10-11,14,19-21,26-27H2,1-6H3. The molecule has 0 bridgehead atoms. The topological polar surface area (TPSA) is 101 Å². The number of halogens is 2. The van der Waals surface area contributed by atoms with Crippen molar-refractivity contribution < 1.29 is 23.8 Å². The second-order valence-electron chi connectivity index (χ2n) is 15.4. The van der Waals surface area contributed by atoms with Crippen molar-refractivity contribution >= 4 is 62.6 Å². The van der Waals surface area contributed by atoms with Gasteiger partial charge in [0.2, 0.25) is 0 Å². The van der Waals surface area contributed by atoms with Gasteiger partial charge in [0.25, 0.3) is 5.91 Å². The van der Waals surface area contributed by atoms with Gasteiger partial charge < -0.3 is 28.2 Å². The van der Waals surface area contributed by atoms with E-state index in [9.17, 15) is 4.79 Å². The summed E-state index contributed by atoms with van der Waals surface area (Å²) in [6, 6.07) is 23.3. The first kappa shape index (κ1) is 41.1. The fraction of sp³-hybridized carbons (Fsp3) is 0.292. The van der Waals surface area contributed by atoms with Gasteiger partial charge in [-0.1, -0.05) is 59.6 Å². The Labute approximate surface area is 359 Å². The summed E-state index contributed by atoms with van der Waals surface area (Å²) in [4.78, 5) is 39.6. The van der Waals surface area contributed by atoms with E-state index in [1.54, 1.807) is 6.07 Å². The minimum Gasteiger partial charge on any atom is -0.494 e. The molecule has 0 aliphatic carbocycles. The summed E-state index contributed by atoms with van der Waals surface area (Å²) in [5.41, 5.74) is 10.6. The molecule has 8 rings (SSSR count). The molecule has 4 heterocycles. The molecule has 1 amide bonds. The van der Waals surface area contributed by atoms with Crippen LogP contribution in [0.4, 0.5) is 5.69 Å². The van der Waals surface area contributed by atoms with Crippen LogP contribution in [0.1, 0.15) is 73.2 Å². The van der Waals surface area contributed by atoms with E-state index < -0.39 is 5.97 Å². The lowest BCUT2D eigenvalue weighted by Gasteiger charge is -2.20. The molecule has 4 aromatic carbocycles. The number of anilines is 1. The second-order valence-corrected chi connectivity index (χ2v) is 16.2. The normalized spacial score (nSPS) is 12.9. The Morgan fingerprint density at radius 2 is 1.58 bits per heavy atom. The van der Waals surface area contributed by atoms with Crippen LogP contribution in [-0.2, 0) is 42.7 Å². The summed E-state index contributed by atoms with van der Waals surface area (Å²) in [5.74, 6) is 0.782. The Bertz CT molecular complexity index is 2750. The van der Waals surface area contributed by atoms with Crippen molar-refractivity contribution in [1.29, 1.82) is 0 Å². The third-order valence-corrected chi connectivity index (χ3v) is 12.2. The highest BCUT2D eigenvalue weighted by Gasteiger charge is 2.33. The summed E-state index contributed by atoms with van der Waals surface area (Å²) in [7, 11) is 3.31. The van der Waals surface area contributed by atoms with E-state index in [2.05, 4.69) is 4.57 Å². The van der Waals surface area contributed by atoms with Crippen LogP contribution >= 0.6 is 23.2 Å². The number of esters is 1. The average Bonchev–Trinajstić information content (AvgIpc) is 3.66. The predicted molar refractivity (Wildman–Crippen MR) is 238 cm³/mol. The lowest BCUT2D eigenvalue weighted by Crippen LogP contribution is -2.31. The maximum Gasteiger partial charge on any atom is 0.337 e. The quantitative estimate of drug-likeness (QED) is 0.0892. The van der Waals surface area contributed by atoms with Gasteiger partial charge in [-0.3, -0.25) is 4.79 Å². The fourth-order valence-electron chi connectivity index (χ4n) is 8.60. The third kappa shape index (κ3) is 7.75. The van der Waals surface area contributed by atoms with Gasteiger partial charge in [-0.2, -0.15) is 0 Å². The van der Waals surface area contributed by atoms with Crippen LogP contribution in [0.5, 0.6) is 5.75 Å². The van der Waals surface area contributed by atoms with Crippen molar-refractivity contribution in [3.63, 3.8) is 0 Å². The number of fused-ring (bicyclic) bond motifs is 4. The number of carbonyl (C=O) groups excluding carboxylic acids is 2. The first-order valence-electron chi connectivity index (χ1n) is 20.1. The molecule has 0 atom stereocenters. The lowest BCUT2D eigenvalue weighted by molar-refractivity contribution is 0.0600. The van der Waals surface area contributed by atoms with E-state index in [1.807, 2.05) is 117 Å². The maximum atomic E-state index is 15.3. The van der Waals surface area contributed by atoms with Gasteiger partial charge in [0.15, 0.2) is 5.82 Å². The summed E-state index contributed by atoms with van der Waals surface area (Å²) in [6.07, 6.45) is 3.85. The molecule has 3 aromatic heterocycles. The number of amides is 1. The minimum atomic E-state index is -0.436. The molecule has 7 aromatic rings. The Morgan fingerprint density at radius 1 is 0.850 bits per heavy atom. The largest absolute Gasteiger partial charge is 0.494 e. The molecule has 0 N–H and O–H groups in total. The highest BCUT2D eigenvalue weighted by atomic mass is 35.5. The monoisotopic (exact) mass is 843 g/mol. The first-order valence-corrected chi connectivity index (χ1v) is 20.9. The Morgan fingerprint density at radius 3 is 2.30 bits per heavy atom. The molecule has 60 heavy (non-hydrogen) atoms. The third-order valence-electron chi connectivity index (χ3n) is 11.3. The van der Waals surface area contributed by atoms with Crippen molar-refractivity contribution in [3.05, 3.63) is 140 Å². The second kappa shape index (κ2) is 17.1. The first-order chi connectivity index (χ1) is 28.9. The zero-order chi connectivity index (χ0) is 42.2. The van der Waals surface area contributed by atoms with Gasteiger partial charge in [0, 0.05) is 70.2 Å². The predicted octanol–water partition coefficient (Wildman–Crippen LogP) is 10.7. The van der Waals surface area contributed by atoms with E-state index >= 15 is 4.79 Å². The number of carbonyl (C=O) groups is 2. The summed E-state index contributed by atoms with van der Waals surface area (Å²) < 4.78 is 21.5. The molecule has 1 aliphatic heterocycles. The highest BCUT2D eigenvalue weighted by Crippen LogP contribution is 2.43. The number of rotatable bonds is 12. The number of ether oxygens (including phenoxy) is 3. The number of nitrogens with zero attached hydrogens (tertiary/aromatic N) is 5. The zero-order valence-corrected chi connectivity index (χ0v) is 36.2. The maximum absolute atomic E-state index is 15.3. The summed E-state index contributed by atoms with van der Waals surface area (Å²) in [6.45, 7) is 10.1. The molecule has 308 valence electrons.